The predicted molar refractivity (Wildman–Crippen MR) is 71.2 cm³/mol. The van der Waals surface area contributed by atoms with E-state index < -0.39 is 16.9 Å². The van der Waals surface area contributed by atoms with Crippen LogP contribution in [0.2, 0.25) is 0 Å². The van der Waals surface area contributed by atoms with E-state index in [1.807, 2.05) is 0 Å². The molecule has 1 unspecified atom stereocenters. The second kappa shape index (κ2) is 7.29. The maximum Gasteiger partial charge on any atom is 0.326 e. The quantitative estimate of drug-likeness (QED) is 0.549. The Kier molecular flexibility index (Phi) is 5.73. The number of carbonyl (C=O) groups is 1. The maximum absolute atomic E-state index is 11.1. The van der Waals surface area contributed by atoms with Gasteiger partial charge in [-0.05, 0) is 6.07 Å². The Morgan fingerprint density at radius 2 is 2.20 bits per heavy atom. The van der Waals surface area contributed by atoms with Crippen LogP contribution in [-0.2, 0) is 9.53 Å². The number of rotatable bonds is 8. The van der Waals surface area contributed by atoms with E-state index in [1.165, 1.54) is 32.4 Å². The van der Waals surface area contributed by atoms with Gasteiger partial charge in [-0.2, -0.15) is 0 Å². The molecule has 0 saturated carbocycles. The molecule has 1 aromatic rings. The molecular formula is C12H16N2O6. The number of aliphatic carboxylic acids is 1. The van der Waals surface area contributed by atoms with Crippen molar-refractivity contribution in [3.05, 3.63) is 28.3 Å². The number of nitro groups is 1. The highest BCUT2D eigenvalue weighted by atomic mass is 16.6. The summed E-state index contributed by atoms with van der Waals surface area (Å²) in [5, 5.41) is 22.7. The summed E-state index contributed by atoms with van der Waals surface area (Å²) in [6.07, 6.45) is 0.181. The van der Waals surface area contributed by atoms with Gasteiger partial charge in [-0.25, -0.2) is 4.79 Å². The average Bonchev–Trinajstić information content (AvgIpc) is 2.42. The van der Waals surface area contributed by atoms with Crippen LogP contribution in [0.5, 0.6) is 5.75 Å². The van der Waals surface area contributed by atoms with Crippen LogP contribution in [0, 0.1) is 10.1 Å². The third-order valence-corrected chi connectivity index (χ3v) is 2.64. The van der Waals surface area contributed by atoms with Crippen LogP contribution >= 0.6 is 0 Å². The first-order chi connectivity index (χ1) is 9.49. The lowest BCUT2D eigenvalue weighted by Crippen LogP contribution is -2.30. The molecule has 0 aliphatic rings. The summed E-state index contributed by atoms with van der Waals surface area (Å²) >= 11 is 0. The predicted octanol–water partition coefficient (Wildman–Crippen LogP) is 1.50. The Labute approximate surface area is 115 Å². The number of anilines is 1. The SMILES string of the molecule is COCCC(Nc1cc(OC)ccc1[N+](=O)[O-])C(=O)O. The summed E-state index contributed by atoms with van der Waals surface area (Å²) in [7, 11) is 2.87. The van der Waals surface area contributed by atoms with Crippen molar-refractivity contribution in [3.63, 3.8) is 0 Å². The van der Waals surface area contributed by atoms with E-state index in [2.05, 4.69) is 5.32 Å². The molecule has 0 bridgehead atoms. The van der Waals surface area contributed by atoms with Crippen molar-refractivity contribution in [2.24, 2.45) is 0 Å². The minimum absolute atomic E-state index is 0.0952. The summed E-state index contributed by atoms with van der Waals surface area (Å²) in [4.78, 5) is 21.5. The lowest BCUT2D eigenvalue weighted by molar-refractivity contribution is -0.384. The van der Waals surface area contributed by atoms with Crippen LogP contribution in [0.1, 0.15) is 6.42 Å². The molecule has 0 radical (unpaired) electrons. The number of nitro benzene ring substituents is 1. The van der Waals surface area contributed by atoms with Gasteiger partial charge in [0, 0.05) is 32.3 Å². The smallest absolute Gasteiger partial charge is 0.326 e. The molecule has 110 valence electrons. The van der Waals surface area contributed by atoms with E-state index in [1.54, 1.807) is 0 Å². The molecule has 1 atom stereocenters. The largest absolute Gasteiger partial charge is 0.497 e. The van der Waals surface area contributed by atoms with Crippen molar-refractivity contribution in [2.45, 2.75) is 12.5 Å². The molecule has 0 fully saturated rings. The summed E-state index contributed by atoms with van der Waals surface area (Å²) in [6.45, 7) is 0.224. The number of benzene rings is 1. The van der Waals surface area contributed by atoms with Crippen LogP contribution < -0.4 is 10.1 Å². The highest BCUT2D eigenvalue weighted by Gasteiger charge is 2.22. The third kappa shape index (κ3) is 4.09. The summed E-state index contributed by atoms with van der Waals surface area (Å²) in [6, 6.07) is 3.10. The Hall–Kier alpha value is -2.35. The van der Waals surface area contributed by atoms with E-state index in [0.717, 1.165) is 0 Å². The van der Waals surface area contributed by atoms with E-state index in [9.17, 15) is 14.9 Å². The van der Waals surface area contributed by atoms with E-state index in [4.69, 9.17) is 14.6 Å². The van der Waals surface area contributed by atoms with Gasteiger partial charge in [-0.15, -0.1) is 0 Å². The van der Waals surface area contributed by atoms with E-state index in [0.29, 0.717) is 5.75 Å². The number of nitrogens with zero attached hydrogens (tertiary/aromatic N) is 1. The normalized spacial score (nSPS) is 11.7. The van der Waals surface area contributed by atoms with Gasteiger partial charge in [-0.1, -0.05) is 0 Å². The first-order valence-corrected chi connectivity index (χ1v) is 5.80. The topological polar surface area (TPSA) is 111 Å². The van der Waals surface area contributed by atoms with Gasteiger partial charge in [0.1, 0.15) is 17.5 Å². The molecule has 1 aromatic carbocycles. The van der Waals surface area contributed by atoms with Gasteiger partial charge in [0.05, 0.1) is 12.0 Å². The van der Waals surface area contributed by atoms with Crippen LogP contribution in [-0.4, -0.2) is 42.9 Å². The van der Waals surface area contributed by atoms with E-state index in [-0.39, 0.29) is 24.4 Å². The molecule has 0 heterocycles. The molecule has 2 N–H and O–H groups in total. The first kappa shape index (κ1) is 15.7. The highest BCUT2D eigenvalue weighted by molar-refractivity contribution is 5.79. The van der Waals surface area contributed by atoms with Gasteiger partial charge in [-0.3, -0.25) is 10.1 Å². The monoisotopic (exact) mass is 284 g/mol. The van der Waals surface area contributed by atoms with Crippen molar-refractivity contribution in [2.75, 3.05) is 26.1 Å². The van der Waals surface area contributed by atoms with Crippen LogP contribution in [0.4, 0.5) is 11.4 Å². The second-order valence-corrected chi connectivity index (χ2v) is 3.96. The highest BCUT2D eigenvalue weighted by Crippen LogP contribution is 2.29. The fraction of sp³-hybridized carbons (Fsp3) is 0.417. The molecule has 0 aliphatic heterocycles. The minimum atomic E-state index is -1.11. The Bertz CT molecular complexity index is 491. The zero-order valence-electron chi connectivity index (χ0n) is 11.2. The first-order valence-electron chi connectivity index (χ1n) is 5.80. The minimum Gasteiger partial charge on any atom is -0.497 e. The standard InChI is InChI=1S/C12H16N2O6/c1-19-6-5-9(12(15)16)13-10-7-8(20-2)3-4-11(10)14(17)18/h3-4,7,9,13H,5-6H2,1-2H3,(H,15,16). The molecule has 1 rings (SSSR count). The molecule has 8 nitrogen and oxygen atoms in total. The lowest BCUT2D eigenvalue weighted by Gasteiger charge is -2.15. The van der Waals surface area contributed by atoms with Gasteiger partial charge < -0.3 is 19.9 Å². The van der Waals surface area contributed by atoms with Gasteiger partial charge >= 0.3 is 5.97 Å². The Morgan fingerprint density at radius 1 is 1.50 bits per heavy atom. The molecular weight excluding hydrogens is 268 g/mol. The van der Waals surface area contributed by atoms with Crippen molar-refractivity contribution in [1.82, 2.24) is 0 Å². The number of carboxylic acids is 1. The fourth-order valence-electron chi connectivity index (χ4n) is 1.60. The summed E-state index contributed by atoms with van der Waals surface area (Å²) in [5.41, 5.74) is -0.118. The number of ether oxygens (including phenoxy) is 2. The summed E-state index contributed by atoms with van der Waals surface area (Å²) < 4.78 is 9.80. The maximum atomic E-state index is 11.1. The Morgan fingerprint density at radius 3 is 2.70 bits per heavy atom. The molecule has 0 spiro atoms. The number of hydrogen-bond donors (Lipinski definition) is 2. The third-order valence-electron chi connectivity index (χ3n) is 2.64. The second-order valence-electron chi connectivity index (χ2n) is 3.96. The van der Waals surface area contributed by atoms with Crippen molar-refractivity contribution >= 4 is 17.3 Å². The molecule has 0 amide bonds. The average molecular weight is 284 g/mol. The van der Waals surface area contributed by atoms with Gasteiger partial charge in [0.2, 0.25) is 0 Å². The number of methoxy groups -OCH3 is 2. The van der Waals surface area contributed by atoms with Crippen LogP contribution in [0.15, 0.2) is 18.2 Å². The van der Waals surface area contributed by atoms with Crippen molar-refractivity contribution in [1.29, 1.82) is 0 Å². The van der Waals surface area contributed by atoms with Gasteiger partial charge in [0.15, 0.2) is 0 Å². The lowest BCUT2D eigenvalue weighted by atomic mass is 10.2. The van der Waals surface area contributed by atoms with Crippen LogP contribution in [0.25, 0.3) is 0 Å². The van der Waals surface area contributed by atoms with Crippen molar-refractivity contribution in [3.8, 4) is 5.75 Å². The molecule has 8 heteroatoms. The number of hydrogen-bond acceptors (Lipinski definition) is 6. The zero-order chi connectivity index (χ0) is 15.1. The Balaban J connectivity index is 3.02. The van der Waals surface area contributed by atoms with Crippen LogP contribution in [0.3, 0.4) is 0 Å². The number of nitrogens with one attached hydrogen (secondary N) is 1. The fourth-order valence-corrected chi connectivity index (χ4v) is 1.60. The molecule has 0 aromatic heterocycles. The van der Waals surface area contributed by atoms with Gasteiger partial charge in [0.25, 0.3) is 5.69 Å². The van der Waals surface area contributed by atoms with E-state index >= 15 is 0 Å². The molecule has 0 aliphatic carbocycles. The summed E-state index contributed by atoms with van der Waals surface area (Å²) in [5.74, 6) is -0.715. The van der Waals surface area contributed by atoms with Crippen molar-refractivity contribution < 1.29 is 24.3 Å². The zero-order valence-corrected chi connectivity index (χ0v) is 11.2. The molecule has 0 saturated heterocycles. The number of carboxylic acid groups (broad SMARTS) is 1. The molecule has 20 heavy (non-hydrogen) atoms.